The number of H-pyrrole nitrogens is 1. The number of ether oxygens (including phenoxy) is 2. The minimum atomic E-state index is 0.0456. The van der Waals surface area contributed by atoms with Gasteiger partial charge in [0, 0.05) is 23.1 Å². The number of aromatic amines is 1. The van der Waals surface area contributed by atoms with Crippen molar-refractivity contribution in [2.45, 2.75) is 13.0 Å². The van der Waals surface area contributed by atoms with E-state index >= 15 is 0 Å². The topological polar surface area (TPSA) is 67.4 Å². The molecule has 1 aliphatic carbocycles. The summed E-state index contributed by atoms with van der Waals surface area (Å²) in [6.45, 7) is 0.0456. The molecule has 24 heavy (non-hydrogen) atoms. The van der Waals surface area contributed by atoms with E-state index in [-0.39, 0.29) is 6.61 Å². The second kappa shape index (κ2) is 5.69. The Bertz CT molecular complexity index is 898. The van der Waals surface area contributed by atoms with Crippen molar-refractivity contribution in [1.29, 1.82) is 0 Å². The smallest absolute Gasteiger partial charge is 0.161 e. The molecule has 1 aliphatic rings. The minimum absolute atomic E-state index is 0.0456. The van der Waals surface area contributed by atoms with E-state index in [2.05, 4.69) is 10.2 Å². The molecule has 5 heteroatoms. The Balaban J connectivity index is 1.78. The van der Waals surface area contributed by atoms with Crippen LogP contribution in [0.1, 0.15) is 16.7 Å². The monoisotopic (exact) mass is 322 g/mol. The van der Waals surface area contributed by atoms with Crippen LogP contribution in [0.2, 0.25) is 0 Å². The maximum absolute atomic E-state index is 9.19. The summed E-state index contributed by atoms with van der Waals surface area (Å²) >= 11 is 0. The van der Waals surface area contributed by atoms with E-state index in [9.17, 15) is 5.11 Å². The number of hydrogen-bond acceptors (Lipinski definition) is 4. The van der Waals surface area contributed by atoms with Gasteiger partial charge < -0.3 is 14.6 Å². The van der Waals surface area contributed by atoms with E-state index in [0.29, 0.717) is 5.75 Å². The highest BCUT2D eigenvalue weighted by Crippen LogP contribution is 2.44. The molecule has 0 radical (unpaired) electrons. The predicted molar refractivity (Wildman–Crippen MR) is 91.3 cm³/mol. The van der Waals surface area contributed by atoms with Crippen molar-refractivity contribution in [3.63, 3.8) is 0 Å². The van der Waals surface area contributed by atoms with Crippen molar-refractivity contribution in [1.82, 2.24) is 10.2 Å². The summed E-state index contributed by atoms with van der Waals surface area (Å²) in [4.78, 5) is 0. The molecule has 5 nitrogen and oxygen atoms in total. The lowest BCUT2D eigenvalue weighted by Gasteiger charge is -2.10. The second-order valence-electron chi connectivity index (χ2n) is 5.82. The molecule has 0 saturated heterocycles. The summed E-state index contributed by atoms with van der Waals surface area (Å²) in [5, 5.41) is 16.8. The maximum Gasteiger partial charge on any atom is 0.161 e. The number of rotatable bonds is 4. The molecule has 0 unspecified atom stereocenters. The molecule has 2 N–H and O–H groups in total. The summed E-state index contributed by atoms with van der Waals surface area (Å²) in [7, 11) is 3.29. The van der Waals surface area contributed by atoms with Gasteiger partial charge in [0.05, 0.1) is 32.2 Å². The van der Waals surface area contributed by atoms with Gasteiger partial charge >= 0.3 is 0 Å². The van der Waals surface area contributed by atoms with Gasteiger partial charge in [0.1, 0.15) is 0 Å². The summed E-state index contributed by atoms with van der Waals surface area (Å²) in [5.74, 6) is 1.45. The number of nitrogens with one attached hydrogen (secondary N) is 1. The van der Waals surface area contributed by atoms with Crippen molar-refractivity contribution in [2.24, 2.45) is 0 Å². The molecule has 1 heterocycles. The first-order valence-electron chi connectivity index (χ1n) is 7.77. The van der Waals surface area contributed by atoms with Crippen molar-refractivity contribution in [3.8, 4) is 34.0 Å². The van der Waals surface area contributed by atoms with E-state index in [1.807, 2.05) is 36.4 Å². The number of aliphatic hydroxyl groups excluding tert-OH is 1. The molecule has 0 bridgehead atoms. The maximum atomic E-state index is 9.19. The molecule has 4 rings (SSSR count). The molecule has 0 amide bonds. The molecular weight excluding hydrogens is 304 g/mol. The lowest BCUT2D eigenvalue weighted by Crippen LogP contribution is -1.93. The highest BCUT2D eigenvalue weighted by Gasteiger charge is 2.27. The van der Waals surface area contributed by atoms with Crippen LogP contribution in [0, 0.1) is 0 Å². The lowest BCUT2D eigenvalue weighted by atomic mass is 10.0. The van der Waals surface area contributed by atoms with Crippen LogP contribution < -0.4 is 9.47 Å². The minimum Gasteiger partial charge on any atom is -0.493 e. The van der Waals surface area contributed by atoms with E-state index in [1.165, 1.54) is 11.1 Å². The highest BCUT2D eigenvalue weighted by atomic mass is 16.5. The van der Waals surface area contributed by atoms with Crippen LogP contribution in [0.15, 0.2) is 36.4 Å². The number of methoxy groups -OCH3 is 2. The quantitative estimate of drug-likeness (QED) is 0.606. The first kappa shape index (κ1) is 14.8. The van der Waals surface area contributed by atoms with Crippen LogP contribution in [0.25, 0.3) is 22.5 Å². The molecule has 0 spiro atoms. The Morgan fingerprint density at radius 2 is 1.79 bits per heavy atom. The first-order valence-corrected chi connectivity index (χ1v) is 7.77. The van der Waals surface area contributed by atoms with E-state index in [4.69, 9.17) is 9.47 Å². The summed E-state index contributed by atoms with van der Waals surface area (Å²) in [6.07, 6.45) is 0.804. The molecule has 0 atom stereocenters. The third-order valence-corrected chi connectivity index (χ3v) is 4.52. The first-order chi connectivity index (χ1) is 11.7. The fourth-order valence-corrected chi connectivity index (χ4v) is 3.26. The van der Waals surface area contributed by atoms with Gasteiger partial charge in [-0.15, -0.1) is 0 Å². The van der Waals surface area contributed by atoms with Crippen molar-refractivity contribution in [3.05, 3.63) is 53.1 Å². The van der Waals surface area contributed by atoms with E-state index < -0.39 is 0 Å². The van der Waals surface area contributed by atoms with Crippen molar-refractivity contribution >= 4 is 0 Å². The average molecular weight is 322 g/mol. The number of fused-ring (bicyclic) bond motifs is 3. The van der Waals surface area contributed by atoms with E-state index in [1.54, 1.807) is 14.2 Å². The van der Waals surface area contributed by atoms with Crippen LogP contribution in [0.5, 0.6) is 11.5 Å². The summed E-state index contributed by atoms with van der Waals surface area (Å²) in [6, 6.07) is 11.9. The second-order valence-corrected chi connectivity index (χ2v) is 5.82. The number of nitrogens with zero attached hydrogens (tertiary/aromatic N) is 1. The Labute approximate surface area is 139 Å². The Morgan fingerprint density at radius 3 is 2.46 bits per heavy atom. The number of aliphatic hydroxyl groups is 1. The molecule has 122 valence electrons. The number of benzene rings is 2. The molecular formula is C19H18N2O3. The van der Waals surface area contributed by atoms with Gasteiger partial charge in [-0.25, -0.2) is 0 Å². The average Bonchev–Trinajstić information content (AvgIpc) is 3.19. The highest BCUT2D eigenvalue weighted by molar-refractivity contribution is 5.82. The zero-order valence-electron chi connectivity index (χ0n) is 13.6. The van der Waals surface area contributed by atoms with Crippen molar-refractivity contribution < 1.29 is 14.6 Å². The van der Waals surface area contributed by atoms with Crippen LogP contribution >= 0.6 is 0 Å². The Morgan fingerprint density at radius 1 is 1.08 bits per heavy atom. The lowest BCUT2D eigenvalue weighted by molar-refractivity contribution is 0.282. The molecule has 0 aliphatic heterocycles. The van der Waals surface area contributed by atoms with Gasteiger partial charge in [0.15, 0.2) is 11.5 Å². The standard InChI is InChI=1S/C19H18N2O3/c1-23-16-8-13-7-15-18(12-5-3-11(10-22)4-6-12)20-21-19(15)14(13)9-17(16)24-2/h3-6,8-9,22H,7,10H2,1-2H3,(H,20,21). The Kier molecular flexibility index (Phi) is 3.50. The molecule has 3 aromatic rings. The van der Waals surface area contributed by atoms with Gasteiger partial charge in [-0.2, -0.15) is 5.10 Å². The van der Waals surface area contributed by atoms with Gasteiger partial charge in [0.2, 0.25) is 0 Å². The van der Waals surface area contributed by atoms with Gasteiger partial charge in [-0.1, -0.05) is 24.3 Å². The molecule has 0 fully saturated rings. The van der Waals surface area contributed by atoms with Gasteiger partial charge in [-0.05, 0) is 23.3 Å². The molecule has 1 aromatic heterocycles. The van der Waals surface area contributed by atoms with Gasteiger partial charge in [0.25, 0.3) is 0 Å². The zero-order chi connectivity index (χ0) is 16.7. The molecule has 0 saturated carbocycles. The van der Waals surface area contributed by atoms with Crippen LogP contribution in [0.3, 0.4) is 0 Å². The van der Waals surface area contributed by atoms with Crippen LogP contribution in [0.4, 0.5) is 0 Å². The predicted octanol–water partition coefficient (Wildman–Crippen LogP) is 3.16. The summed E-state index contributed by atoms with van der Waals surface area (Å²) < 4.78 is 10.8. The van der Waals surface area contributed by atoms with Gasteiger partial charge in [-0.3, -0.25) is 5.10 Å². The molecule has 2 aromatic carbocycles. The van der Waals surface area contributed by atoms with E-state index in [0.717, 1.165) is 40.2 Å². The fraction of sp³-hybridized carbons (Fsp3) is 0.211. The largest absolute Gasteiger partial charge is 0.493 e. The van der Waals surface area contributed by atoms with Crippen LogP contribution in [-0.2, 0) is 13.0 Å². The number of aromatic nitrogens is 2. The third kappa shape index (κ3) is 2.17. The fourth-order valence-electron chi connectivity index (χ4n) is 3.26. The zero-order valence-corrected chi connectivity index (χ0v) is 13.6. The third-order valence-electron chi connectivity index (χ3n) is 4.52. The van der Waals surface area contributed by atoms with Crippen molar-refractivity contribution in [2.75, 3.05) is 14.2 Å². The normalized spacial score (nSPS) is 12.0. The Hall–Kier alpha value is -2.79. The number of hydrogen-bond donors (Lipinski definition) is 2. The van der Waals surface area contributed by atoms with Crippen LogP contribution in [-0.4, -0.2) is 29.5 Å². The summed E-state index contributed by atoms with van der Waals surface area (Å²) in [5.41, 5.74) is 7.39. The SMILES string of the molecule is COc1cc2c(cc1OC)-c1[nH]nc(-c3ccc(CO)cc3)c1C2.